The molecule has 0 aliphatic heterocycles. The number of nitrogens with one attached hydrogen (secondary N) is 1. The first kappa shape index (κ1) is 12.9. The number of nitrogens with zero attached hydrogens (tertiary/aromatic N) is 1. The fraction of sp³-hybridized carbons (Fsp3) is 0.800. The van der Waals surface area contributed by atoms with E-state index in [0.717, 1.165) is 6.42 Å². The minimum atomic E-state index is -0.639. The van der Waals surface area contributed by atoms with Gasteiger partial charge < -0.3 is 10.4 Å². The molecule has 2 unspecified atom stereocenters. The first-order valence-electron chi connectivity index (χ1n) is 4.81. The van der Waals surface area contributed by atoms with Crippen LogP contribution in [0.2, 0.25) is 0 Å². The van der Waals surface area contributed by atoms with Crippen molar-refractivity contribution in [2.75, 3.05) is 6.61 Å². The zero-order valence-corrected chi connectivity index (χ0v) is 9.00. The maximum absolute atomic E-state index is 11.4. The Morgan fingerprint density at radius 2 is 2.29 bits per heavy atom. The molecule has 2 atom stereocenters. The second kappa shape index (κ2) is 5.61. The molecule has 4 heteroatoms. The average Bonchev–Trinajstić information content (AvgIpc) is 2.16. The Balaban J connectivity index is 4.32. The van der Waals surface area contributed by atoms with E-state index in [-0.39, 0.29) is 12.5 Å². The van der Waals surface area contributed by atoms with Crippen molar-refractivity contribution in [2.24, 2.45) is 5.92 Å². The van der Waals surface area contributed by atoms with Crippen LogP contribution in [0.5, 0.6) is 0 Å². The lowest BCUT2D eigenvalue weighted by atomic mass is 9.94. The van der Waals surface area contributed by atoms with E-state index < -0.39 is 11.5 Å². The van der Waals surface area contributed by atoms with Crippen LogP contribution < -0.4 is 5.32 Å². The Kier molecular flexibility index (Phi) is 5.18. The molecular weight excluding hydrogens is 180 g/mol. The quantitative estimate of drug-likeness (QED) is 0.686. The molecule has 14 heavy (non-hydrogen) atoms. The first-order chi connectivity index (χ1) is 6.49. The van der Waals surface area contributed by atoms with E-state index in [4.69, 9.17) is 10.4 Å². The van der Waals surface area contributed by atoms with Gasteiger partial charge in [0.2, 0.25) is 5.91 Å². The van der Waals surface area contributed by atoms with Gasteiger partial charge in [-0.15, -0.1) is 0 Å². The summed E-state index contributed by atoms with van der Waals surface area (Å²) >= 11 is 0. The summed E-state index contributed by atoms with van der Waals surface area (Å²) in [6.07, 6.45) is 1.24. The molecule has 0 aromatic heterocycles. The number of rotatable bonds is 5. The molecule has 0 spiro atoms. The molecule has 0 bridgehead atoms. The molecule has 0 saturated carbocycles. The van der Waals surface area contributed by atoms with Gasteiger partial charge in [-0.1, -0.05) is 6.92 Å². The van der Waals surface area contributed by atoms with E-state index in [2.05, 4.69) is 5.32 Å². The summed E-state index contributed by atoms with van der Waals surface area (Å²) in [5.41, 5.74) is -0.406. The van der Waals surface area contributed by atoms with Crippen LogP contribution in [0.1, 0.15) is 33.6 Å². The second-order valence-electron chi connectivity index (χ2n) is 3.73. The molecule has 0 radical (unpaired) electrons. The van der Waals surface area contributed by atoms with Crippen LogP contribution >= 0.6 is 0 Å². The predicted molar refractivity (Wildman–Crippen MR) is 53.3 cm³/mol. The minimum absolute atomic E-state index is 0.0333. The van der Waals surface area contributed by atoms with Gasteiger partial charge in [-0.05, 0) is 26.7 Å². The van der Waals surface area contributed by atoms with Gasteiger partial charge in [0.05, 0.1) is 6.07 Å². The number of hydrogen-bond donors (Lipinski definition) is 2. The largest absolute Gasteiger partial charge is 0.396 e. The second-order valence-corrected chi connectivity index (χ2v) is 3.73. The number of carbonyl (C=O) groups excluding carboxylic acids is 1. The van der Waals surface area contributed by atoms with Gasteiger partial charge in [-0.25, -0.2) is 0 Å². The van der Waals surface area contributed by atoms with Gasteiger partial charge in [0.25, 0.3) is 0 Å². The van der Waals surface area contributed by atoms with Gasteiger partial charge in [0, 0.05) is 12.1 Å². The van der Waals surface area contributed by atoms with Gasteiger partial charge >= 0.3 is 0 Å². The van der Waals surface area contributed by atoms with Crippen LogP contribution in [0.15, 0.2) is 0 Å². The van der Waals surface area contributed by atoms with Crippen LogP contribution in [0, 0.1) is 17.2 Å². The summed E-state index contributed by atoms with van der Waals surface area (Å²) in [5.74, 6) is -0.912. The molecule has 0 heterocycles. The van der Waals surface area contributed by atoms with Crippen molar-refractivity contribution < 1.29 is 9.90 Å². The van der Waals surface area contributed by atoms with E-state index in [1.54, 1.807) is 6.92 Å². The highest BCUT2D eigenvalue weighted by molar-refractivity contribution is 5.81. The molecule has 1 amide bonds. The summed E-state index contributed by atoms with van der Waals surface area (Å²) in [7, 11) is 0. The molecule has 0 aromatic rings. The third-order valence-electron chi connectivity index (χ3n) is 2.46. The van der Waals surface area contributed by atoms with E-state index in [9.17, 15) is 4.79 Å². The molecule has 0 rings (SSSR count). The molecule has 0 aromatic carbocycles. The van der Waals surface area contributed by atoms with Crippen LogP contribution in [0.4, 0.5) is 0 Å². The monoisotopic (exact) mass is 198 g/mol. The SMILES string of the molecule is CCC(C)(CCO)NC(=O)C(C)C#N. The van der Waals surface area contributed by atoms with Crippen molar-refractivity contribution in [3.8, 4) is 6.07 Å². The number of amides is 1. The van der Waals surface area contributed by atoms with Gasteiger partial charge in [-0.3, -0.25) is 4.79 Å². The molecule has 2 N–H and O–H groups in total. The van der Waals surface area contributed by atoms with Gasteiger partial charge in [0.1, 0.15) is 5.92 Å². The summed E-state index contributed by atoms with van der Waals surface area (Å²) in [4.78, 5) is 11.4. The number of carbonyl (C=O) groups is 1. The Labute approximate surface area is 84.9 Å². The minimum Gasteiger partial charge on any atom is -0.396 e. The third kappa shape index (κ3) is 3.75. The smallest absolute Gasteiger partial charge is 0.237 e. The van der Waals surface area contributed by atoms with Crippen molar-refractivity contribution in [2.45, 2.75) is 39.2 Å². The molecule has 0 saturated heterocycles. The number of nitriles is 1. The summed E-state index contributed by atoms with van der Waals surface area (Å²) in [5, 5.41) is 20.1. The summed E-state index contributed by atoms with van der Waals surface area (Å²) < 4.78 is 0. The van der Waals surface area contributed by atoms with Crippen LogP contribution in [0.3, 0.4) is 0 Å². The van der Waals surface area contributed by atoms with Crippen LogP contribution in [-0.4, -0.2) is 23.2 Å². The zero-order chi connectivity index (χ0) is 11.2. The fourth-order valence-electron chi connectivity index (χ4n) is 1.04. The maximum Gasteiger partial charge on any atom is 0.237 e. The molecular formula is C10H18N2O2. The highest BCUT2D eigenvalue weighted by Crippen LogP contribution is 2.14. The number of aliphatic hydroxyl groups excluding tert-OH is 1. The van der Waals surface area contributed by atoms with Crippen LogP contribution in [-0.2, 0) is 4.79 Å². The lowest BCUT2D eigenvalue weighted by molar-refractivity contribution is -0.125. The third-order valence-corrected chi connectivity index (χ3v) is 2.46. The van der Waals surface area contributed by atoms with Crippen molar-refractivity contribution in [1.82, 2.24) is 5.32 Å². The van der Waals surface area contributed by atoms with Crippen molar-refractivity contribution in [1.29, 1.82) is 5.26 Å². The highest BCUT2D eigenvalue weighted by Gasteiger charge is 2.25. The highest BCUT2D eigenvalue weighted by atomic mass is 16.3. The van der Waals surface area contributed by atoms with E-state index >= 15 is 0 Å². The van der Waals surface area contributed by atoms with E-state index in [1.807, 2.05) is 19.9 Å². The number of aliphatic hydroxyl groups is 1. The fourth-order valence-corrected chi connectivity index (χ4v) is 1.04. The lowest BCUT2D eigenvalue weighted by Crippen LogP contribution is -2.47. The Hall–Kier alpha value is -1.08. The molecule has 80 valence electrons. The summed E-state index contributed by atoms with van der Waals surface area (Å²) in [6.45, 7) is 5.40. The maximum atomic E-state index is 11.4. The standard InChI is InChI=1S/C10H18N2O2/c1-4-10(3,5-6-13)12-9(14)8(2)7-11/h8,13H,4-6H2,1-3H3,(H,12,14). The van der Waals surface area contributed by atoms with Crippen molar-refractivity contribution in [3.05, 3.63) is 0 Å². The average molecular weight is 198 g/mol. The Morgan fingerprint density at radius 1 is 1.71 bits per heavy atom. The summed E-state index contributed by atoms with van der Waals surface area (Å²) in [6, 6.07) is 1.88. The first-order valence-corrected chi connectivity index (χ1v) is 4.81. The van der Waals surface area contributed by atoms with E-state index in [1.165, 1.54) is 0 Å². The molecule has 0 aliphatic carbocycles. The Morgan fingerprint density at radius 3 is 2.64 bits per heavy atom. The van der Waals surface area contributed by atoms with Gasteiger partial charge in [-0.2, -0.15) is 5.26 Å². The Bertz CT molecular complexity index is 235. The zero-order valence-electron chi connectivity index (χ0n) is 9.00. The van der Waals surface area contributed by atoms with Gasteiger partial charge in [0.15, 0.2) is 0 Å². The number of hydrogen-bond acceptors (Lipinski definition) is 3. The topological polar surface area (TPSA) is 73.1 Å². The van der Waals surface area contributed by atoms with Crippen molar-refractivity contribution in [3.63, 3.8) is 0 Å². The lowest BCUT2D eigenvalue weighted by Gasteiger charge is -2.29. The molecule has 0 aliphatic rings. The molecule has 4 nitrogen and oxygen atoms in total. The predicted octanol–water partition coefficient (Wildman–Crippen LogP) is 0.813. The van der Waals surface area contributed by atoms with Crippen molar-refractivity contribution >= 4 is 5.91 Å². The van der Waals surface area contributed by atoms with E-state index in [0.29, 0.717) is 6.42 Å². The molecule has 0 fully saturated rings. The normalized spacial score (nSPS) is 16.5. The van der Waals surface area contributed by atoms with Crippen LogP contribution in [0.25, 0.3) is 0 Å².